The van der Waals surface area contributed by atoms with E-state index >= 15 is 0 Å². The van der Waals surface area contributed by atoms with Crippen LogP contribution in [-0.2, 0) is 6.54 Å². The molecule has 2 aromatic rings. The molecule has 18 heavy (non-hydrogen) atoms. The molecule has 0 fully saturated rings. The van der Waals surface area contributed by atoms with Crippen molar-refractivity contribution in [2.24, 2.45) is 0 Å². The van der Waals surface area contributed by atoms with Crippen molar-refractivity contribution in [3.05, 3.63) is 46.0 Å². The SMILES string of the molecule is CCn1ccnc(Oc2cc(Cl)ccc2N)c1=O. The Bertz CT molecular complexity index is 625. The summed E-state index contributed by atoms with van der Waals surface area (Å²) in [5, 5.41) is 0.478. The van der Waals surface area contributed by atoms with Crippen LogP contribution in [0, 0.1) is 0 Å². The molecule has 0 radical (unpaired) electrons. The van der Waals surface area contributed by atoms with Crippen LogP contribution in [0.3, 0.4) is 0 Å². The molecule has 0 unspecified atom stereocenters. The maximum absolute atomic E-state index is 11.9. The van der Waals surface area contributed by atoms with Crippen LogP contribution >= 0.6 is 11.6 Å². The Morgan fingerprint density at radius 3 is 3.00 bits per heavy atom. The topological polar surface area (TPSA) is 70.1 Å². The van der Waals surface area contributed by atoms with Crippen molar-refractivity contribution < 1.29 is 4.74 Å². The molecule has 0 bridgehead atoms. The summed E-state index contributed by atoms with van der Waals surface area (Å²) in [6.45, 7) is 2.40. The lowest BCUT2D eigenvalue weighted by atomic mass is 10.3. The first-order valence-electron chi connectivity index (χ1n) is 5.40. The molecule has 0 atom stereocenters. The monoisotopic (exact) mass is 265 g/mol. The molecule has 94 valence electrons. The minimum atomic E-state index is -0.306. The number of ether oxygens (including phenoxy) is 1. The Balaban J connectivity index is 2.40. The van der Waals surface area contributed by atoms with Crippen LogP contribution in [0.1, 0.15) is 6.92 Å². The molecule has 2 N–H and O–H groups in total. The van der Waals surface area contributed by atoms with Gasteiger partial charge in [0.15, 0.2) is 5.75 Å². The number of rotatable bonds is 3. The number of aryl methyl sites for hydroxylation is 1. The zero-order chi connectivity index (χ0) is 13.1. The summed E-state index contributed by atoms with van der Waals surface area (Å²) in [6, 6.07) is 4.80. The summed E-state index contributed by atoms with van der Waals surface area (Å²) in [6.07, 6.45) is 3.09. The second-order valence-electron chi connectivity index (χ2n) is 3.61. The number of nitrogens with two attached hydrogens (primary N) is 1. The van der Waals surface area contributed by atoms with E-state index in [-0.39, 0.29) is 11.4 Å². The van der Waals surface area contributed by atoms with E-state index in [0.717, 1.165) is 0 Å². The summed E-state index contributed by atoms with van der Waals surface area (Å²) in [4.78, 5) is 15.8. The van der Waals surface area contributed by atoms with Gasteiger partial charge in [-0.25, -0.2) is 4.98 Å². The van der Waals surface area contributed by atoms with Gasteiger partial charge in [-0.15, -0.1) is 0 Å². The van der Waals surface area contributed by atoms with Gasteiger partial charge in [-0.2, -0.15) is 0 Å². The van der Waals surface area contributed by atoms with Crippen LogP contribution in [0.25, 0.3) is 0 Å². The number of benzene rings is 1. The van der Waals surface area contributed by atoms with Crippen molar-refractivity contribution in [1.29, 1.82) is 0 Å². The minimum Gasteiger partial charge on any atom is -0.432 e. The maximum Gasteiger partial charge on any atom is 0.313 e. The maximum atomic E-state index is 11.9. The van der Waals surface area contributed by atoms with E-state index in [2.05, 4.69) is 4.98 Å². The number of aromatic nitrogens is 2. The minimum absolute atomic E-state index is 0.0201. The van der Waals surface area contributed by atoms with E-state index in [1.807, 2.05) is 6.92 Å². The predicted octanol–water partition coefficient (Wildman–Crippen LogP) is 2.29. The van der Waals surface area contributed by atoms with Gasteiger partial charge in [-0.1, -0.05) is 11.6 Å². The van der Waals surface area contributed by atoms with Gasteiger partial charge in [0.25, 0.3) is 5.88 Å². The highest BCUT2D eigenvalue weighted by molar-refractivity contribution is 6.30. The predicted molar refractivity (Wildman–Crippen MR) is 70.1 cm³/mol. The Labute approximate surface area is 109 Å². The summed E-state index contributed by atoms with van der Waals surface area (Å²) >= 11 is 5.84. The van der Waals surface area contributed by atoms with E-state index in [0.29, 0.717) is 23.0 Å². The van der Waals surface area contributed by atoms with Gasteiger partial charge in [0.05, 0.1) is 5.69 Å². The smallest absolute Gasteiger partial charge is 0.313 e. The third-order valence-corrected chi connectivity index (χ3v) is 2.64. The van der Waals surface area contributed by atoms with Crippen LogP contribution in [0.4, 0.5) is 5.69 Å². The van der Waals surface area contributed by atoms with Crippen molar-refractivity contribution in [3.8, 4) is 11.6 Å². The number of nitrogen functional groups attached to an aromatic ring is 1. The second-order valence-corrected chi connectivity index (χ2v) is 4.04. The van der Waals surface area contributed by atoms with Crippen LogP contribution in [0.5, 0.6) is 11.6 Å². The van der Waals surface area contributed by atoms with E-state index in [4.69, 9.17) is 22.1 Å². The molecule has 0 aliphatic rings. The Hall–Kier alpha value is -2.01. The quantitative estimate of drug-likeness (QED) is 0.865. The zero-order valence-electron chi connectivity index (χ0n) is 9.76. The van der Waals surface area contributed by atoms with Gasteiger partial charge in [0.1, 0.15) is 0 Å². The van der Waals surface area contributed by atoms with Crippen molar-refractivity contribution in [3.63, 3.8) is 0 Å². The fourth-order valence-electron chi connectivity index (χ4n) is 1.45. The lowest BCUT2D eigenvalue weighted by Gasteiger charge is -2.08. The number of halogens is 1. The van der Waals surface area contributed by atoms with Gasteiger partial charge in [0.2, 0.25) is 0 Å². The number of anilines is 1. The summed E-state index contributed by atoms with van der Waals surface area (Å²) < 4.78 is 6.90. The van der Waals surface area contributed by atoms with Crippen LogP contribution < -0.4 is 16.0 Å². The second kappa shape index (κ2) is 5.10. The molecule has 0 spiro atoms. The van der Waals surface area contributed by atoms with Crippen molar-refractivity contribution in [2.75, 3.05) is 5.73 Å². The van der Waals surface area contributed by atoms with Gasteiger partial charge in [-0.3, -0.25) is 4.79 Å². The number of hydrogen-bond donors (Lipinski definition) is 1. The molecule has 6 heteroatoms. The fraction of sp³-hybridized carbons (Fsp3) is 0.167. The average molecular weight is 266 g/mol. The molecule has 0 amide bonds. The van der Waals surface area contributed by atoms with Crippen molar-refractivity contribution in [2.45, 2.75) is 13.5 Å². The standard InChI is InChI=1S/C12H12ClN3O2/c1-2-16-6-5-15-11(12(16)17)18-10-7-8(13)3-4-9(10)14/h3-7H,2,14H2,1H3. The first-order chi connectivity index (χ1) is 8.61. The molecule has 0 aliphatic carbocycles. The lowest BCUT2D eigenvalue weighted by Crippen LogP contribution is -2.20. The van der Waals surface area contributed by atoms with Crippen LogP contribution in [0.15, 0.2) is 35.4 Å². The summed E-state index contributed by atoms with van der Waals surface area (Å²) in [5.41, 5.74) is 5.83. The largest absolute Gasteiger partial charge is 0.432 e. The lowest BCUT2D eigenvalue weighted by molar-refractivity contribution is 0.447. The van der Waals surface area contributed by atoms with E-state index in [1.165, 1.54) is 10.8 Å². The molecule has 0 saturated heterocycles. The van der Waals surface area contributed by atoms with E-state index in [9.17, 15) is 4.79 Å². The highest BCUT2D eigenvalue weighted by atomic mass is 35.5. The van der Waals surface area contributed by atoms with Crippen molar-refractivity contribution >= 4 is 17.3 Å². The van der Waals surface area contributed by atoms with E-state index in [1.54, 1.807) is 24.4 Å². The first kappa shape index (κ1) is 12.4. The Morgan fingerprint density at radius 1 is 1.50 bits per heavy atom. The molecular weight excluding hydrogens is 254 g/mol. The molecular formula is C12H12ClN3O2. The molecule has 1 aromatic carbocycles. The molecule has 1 heterocycles. The highest BCUT2D eigenvalue weighted by Gasteiger charge is 2.09. The molecule has 2 rings (SSSR count). The number of hydrogen-bond acceptors (Lipinski definition) is 4. The Kier molecular flexibility index (Phi) is 3.53. The van der Waals surface area contributed by atoms with Gasteiger partial charge in [0, 0.05) is 30.0 Å². The number of nitrogens with zero attached hydrogens (tertiary/aromatic N) is 2. The van der Waals surface area contributed by atoms with Crippen molar-refractivity contribution in [1.82, 2.24) is 9.55 Å². The van der Waals surface area contributed by atoms with Gasteiger partial charge in [-0.05, 0) is 19.1 Å². The summed E-state index contributed by atoms with van der Waals surface area (Å²) in [7, 11) is 0. The first-order valence-corrected chi connectivity index (χ1v) is 5.78. The van der Waals surface area contributed by atoms with Gasteiger partial charge < -0.3 is 15.0 Å². The average Bonchev–Trinajstić information content (AvgIpc) is 2.36. The summed E-state index contributed by atoms with van der Waals surface area (Å²) in [5.74, 6) is 0.300. The van der Waals surface area contributed by atoms with Crippen LogP contribution in [-0.4, -0.2) is 9.55 Å². The van der Waals surface area contributed by atoms with Gasteiger partial charge >= 0.3 is 5.56 Å². The third kappa shape index (κ3) is 2.46. The molecule has 1 aromatic heterocycles. The molecule has 0 saturated carbocycles. The molecule has 0 aliphatic heterocycles. The normalized spacial score (nSPS) is 10.3. The Morgan fingerprint density at radius 2 is 2.28 bits per heavy atom. The highest BCUT2D eigenvalue weighted by Crippen LogP contribution is 2.27. The molecule has 5 nitrogen and oxygen atoms in total. The van der Waals surface area contributed by atoms with E-state index < -0.39 is 0 Å². The fourth-order valence-corrected chi connectivity index (χ4v) is 1.61. The zero-order valence-corrected chi connectivity index (χ0v) is 10.5. The van der Waals surface area contributed by atoms with Crippen LogP contribution in [0.2, 0.25) is 5.02 Å². The third-order valence-electron chi connectivity index (χ3n) is 2.41.